The van der Waals surface area contributed by atoms with E-state index in [1.807, 2.05) is 25.1 Å². The third-order valence-electron chi connectivity index (χ3n) is 4.28. The zero-order valence-corrected chi connectivity index (χ0v) is 13.7. The summed E-state index contributed by atoms with van der Waals surface area (Å²) in [7, 11) is 0. The number of aryl methyl sites for hydroxylation is 1. The van der Waals surface area contributed by atoms with Gasteiger partial charge in [-0.3, -0.25) is 0 Å². The molecule has 2 aromatic rings. The van der Waals surface area contributed by atoms with Crippen LogP contribution in [0.15, 0.2) is 42.5 Å². The third-order valence-corrected chi connectivity index (χ3v) is 4.52. The van der Waals surface area contributed by atoms with Crippen LogP contribution in [0.4, 0.5) is 0 Å². The Morgan fingerprint density at radius 1 is 1.09 bits per heavy atom. The minimum atomic E-state index is 0.697. The highest BCUT2D eigenvalue weighted by molar-refractivity contribution is 6.30. The molecule has 116 valence electrons. The summed E-state index contributed by atoms with van der Waals surface area (Å²) in [6, 6.07) is 14.2. The molecule has 0 unspecified atom stereocenters. The van der Waals surface area contributed by atoms with Crippen LogP contribution >= 0.6 is 11.6 Å². The summed E-state index contributed by atoms with van der Waals surface area (Å²) in [5.74, 6) is 2.49. The number of ether oxygens (including phenoxy) is 1. The second kappa shape index (κ2) is 7.17. The van der Waals surface area contributed by atoms with Gasteiger partial charge in [-0.25, -0.2) is 0 Å². The SMILES string of the molecule is Cc1ccc(Cl)cc1Oc1ccc(CC2CCNCC2)cc1. The van der Waals surface area contributed by atoms with Crippen molar-refractivity contribution in [2.45, 2.75) is 26.2 Å². The molecule has 1 aliphatic rings. The van der Waals surface area contributed by atoms with Gasteiger partial charge in [0.2, 0.25) is 0 Å². The first-order valence-corrected chi connectivity index (χ1v) is 8.32. The summed E-state index contributed by atoms with van der Waals surface area (Å²) in [5, 5.41) is 4.11. The van der Waals surface area contributed by atoms with Crippen molar-refractivity contribution in [1.82, 2.24) is 5.32 Å². The Hall–Kier alpha value is -1.51. The zero-order chi connectivity index (χ0) is 15.4. The van der Waals surface area contributed by atoms with Crippen molar-refractivity contribution in [1.29, 1.82) is 0 Å². The van der Waals surface area contributed by atoms with Gasteiger partial charge in [0.15, 0.2) is 0 Å². The Morgan fingerprint density at radius 3 is 2.55 bits per heavy atom. The molecule has 2 nitrogen and oxygen atoms in total. The third kappa shape index (κ3) is 4.02. The minimum Gasteiger partial charge on any atom is -0.457 e. The van der Waals surface area contributed by atoms with Gasteiger partial charge >= 0.3 is 0 Å². The zero-order valence-electron chi connectivity index (χ0n) is 12.9. The van der Waals surface area contributed by atoms with Crippen LogP contribution in [0.25, 0.3) is 0 Å². The van der Waals surface area contributed by atoms with Gasteiger partial charge < -0.3 is 10.1 Å². The number of nitrogens with one attached hydrogen (secondary N) is 1. The van der Waals surface area contributed by atoms with Gasteiger partial charge in [0.1, 0.15) is 11.5 Å². The summed E-state index contributed by atoms with van der Waals surface area (Å²) >= 11 is 6.03. The van der Waals surface area contributed by atoms with E-state index in [-0.39, 0.29) is 0 Å². The highest BCUT2D eigenvalue weighted by atomic mass is 35.5. The van der Waals surface area contributed by atoms with Gasteiger partial charge in [0.05, 0.1) is 0 Å². The van der Waals surface area contributed by atoms with Crippen molar-refractivity contribution in [3.63, 3.8) is 0 Å². The van der Waals surface area contributed by atoms with E-state index < -0.39 is 0 Å². The minimum absolute atomic E-state index is 0.697. The summed E-state index contributed by atoms with van der Waals surface area (Å²) < 4.78 is 5.94. The monoisotopic (exact) mass is 315 g/mol. The Bertz CT molecular complexity index is 618. The lowest BCUT2D eigenvalue weighted by molar-refractivity contribution is 0.372. The second-order valence-corrected chi connectivity index (χ2v) is 6.49. The molecule has 0 atom stereocenters. The van der Waals surface area contributed by atoms with Crippen LogP contribution in [0.3, 0.4) is 0 Å². The molecule has 0 saturated carbocycles. The molecule has 0 spiro atoms. The maximum Gasteiger partial charge on any atom is 0.131 e. The van der Waals surface area contributed by atoms with Crippen LogP contribution in [0.5, 0.6) is 11.5 Å². The average Bonchev–Trinajstić information content (AvgIpc) is 2.54. The fourth-order valence-corrected chi connectivity index (χ4v) is 3.09. The number of halogens is 1. The second-order valence-electron chi connectivity index (χ2n) is 6.05. The summed E-state index contributed by atoms with van der Waals surface area (Å²) in [5.41, 5.74) is 2.48. The maximum atomic E-state index is 6.03. The van der Waals surface area contributed by atoms with E-state index >= 15 is 0 Å². The largest absolute Gasteiger partial charge is 0.457 e. The van der Waals surface area contributed by atoms with E-state index in [2.05, 4.69) is 29.6 Å². The molecule has 22 heavy (non-hydrogen) atoms. The van der Waals surface area contributed by atoms with Crippen LogP contribution in [0.2, 0.25) is 5.02 Å². The first kappa shape index (κ1) is 15.4. The summed E-state index contributed by atoms with van der Waals surface area (Å²) in [4.78, 5) is 0. The average molecular weight is 316 g/mol. The van der Waals surface area contributed by atoms with Crippen LogP contribution < -0.4 is 10.1 Å². The fraction of sp³-hybridized carbons (Fsp3) is 0.368. The van der Waals surface area contributed by atoms with Gasteiger partial charge in [-0.2, -0.15) is 0 Å². The van der Waals surface area contributed by atoms with Crippen molar-refractivity contribution in [2.75, 3.05) is 13.1 Å². The van der Waals surface area contributed by atoms with Crippen molar-refractivity contribution in [3.05, 3.63) is 58.6 Å². The normalized spacial score (nSPS) is 15.7. The van der Waals surface area contributed by atoms with Crippen LogP contribution in [-0.2, 0) is 6.42 Å². The lowest BCUT2D eigenvalue weighted by Gasteiger charge is -2.22. The molecular formula is C19H22ClNO. The first-order valence-electron chi connectivity index (χ1n) is 7.94. The molecule has 1 N–H and O–H groups in total. The molecule has 0 radical (unpaired) electrons. The Balaban J connectivity index is 1.64. The molecular weight excluding hydrogens is 294 g/mol. The summed E-state index contributed by atoms with van der Waals surface area (Å²) in [6.07, 6.45) is 3.72. The fourth-order valence-electron chi connectivity index (χ4n) is 2.92. The maximum absolute atomic E-state index is 6.03. The number of hydrogen-bond donors (Lipinski definition) is 1. The molecule has 0 aromatic heterocycles. The van der Waals surface area contributed by atoms with Crippen molar-refractivity contribution in [3.8, 4) is 11.5 Å². The quantitative estimate of drug-likeness (QED) is 0.859. The molecule has 1 heterocycles. The number of benzene rings is 2. The van der Waals surface area contributed by atoms with E-state index in [0.717, 1.165) is 42.5 Å². The Kier molecular flexibility index (Phi) is 5.01. The number of hydrogen-bond acceptors (Lipinski definition) is 2. The molecule has 1 saturated heterocycles. The standard InChI is InChI=1S/C19H22ClNO/c1-14-2-5-17(20)13-19(14)22-18-6-3-15(4-7-18)12-16-8-10-21-11-9-16/h2-7,13,16,21H,8-12H2,1H3. The van der Waals surface area contributed by atoms with Crippen LogP contribution in [0.1, 0.15) is 24.0 Å². The van der Waals surface area contributed by atoms with Gasteiger partial charge in [-0.1, -0.05) is 29.8 Å². The van der Waals surface area contributed by atoms with E-state index in [1.165, 1.54) is 18.4 Å². The molecule has 0 aliphatic carbocycles. The molecule has 1 fully saturated rings. The van der Waals surface area contributed by atoms with E-state index in [9.17, 15) is 0 Å². The number of rotatable bonds is 4. The van der Waals surface area contributed by atoms with E-state index in [1.54, 1.807) is 0 Å². The molecule has 2 aromatic carbocycles. The topological polar surface area (TPSA) is 21.3 Å². The lowest BCUT2D eigenvalue weighted by atomic mass is 9.91. The highest BCUT2D eigenvalue weighted by Gasteiger charge is 2.13. The summed E-state index contributed by atoms with van der Waals surface area (Å²) in [6.45, 7) is 4.33. The Labute approximate surface area is 137 Å². The van der Waals surface area contributed by atoms with Gasteiger partial charge in [0, 0.05) is 5.02 Å². The van der Waals surface area contributed by atoms with E-state index in [0.29, 0.717) is 5.02 Å². The highest BCUT2D eigenvalue weighted by Crippen LogP contribution is 2.28. The van der Waals surface area contributed by atoms with Crippen molar-refractivity contribution >= 4 is 11.6 Å². The van der Waals surface area contributed by atoms with E-state index in [4.69, 9.17) is 16.3 Å². The smallest absolute Gasteiger partial charge is 0.131 e. The molecule has 3 rings (SSSR count). The first-order chi connectivity index (χ1) is 10.7. The predicted molar refractivity (Wildman–Crippen MR) is 92.0 cm³/mol. The lowest BCUT2D eigenvalue weighted by Crippen LogP contribution is -2.28. The van der Waals surface area contributed by atoms with Gasteiger partial charge in [-0.05, 0) is 80.6 Å². The van der Waals surface area contributed by atoms with Gasteiger partial charge in [-0.15, -0.1) is 0 Å². The number of piperidine rings is 1. The van der Waals surface area contributed by atoms with Crippen LogP contribution in [-0.4, -0.2) is 13.1 Å². The Morgan fingerprint density at radius 2 is 1.82 bits per heavy atom. The van der Waals surface area contributed by atoms with Crippen molar-refractivity contribution < 1.29 is 4.74 Å². The molecule has 1 aliphatic heterocycles. The molecule has 3 heteroatoms. The predicted octanol–water partition coefficient (Wildman–Crippen LogP) is 4.98. The van der Waals surface area contributed by atoms with Gasteiger partial charge in [0.25, 0.3) is 0 Å². The van der Waals surface area contributed by atoms with Crippen LogP contribution in [0, 0.1) is 12.8 Å². The molecule has 0 bridgehead atoms. The molecule has 0 amide bonds. The van der Waals surface area contributed by atoms with Crippen molar-refractivity contribution in [2.24, 2.45) is 5.92 Å².